The molecule has 0 fully saturated rings. The van der Waals surface area contributed by atoms with Crippen molar-refractivity contribution in [3.05, 3.63) is 47.9 Å². The summed E-state index contributed by atoms with van der Waals surface area (Å²) in [5, 5.41) is 11.5. The Morgan fingerprint density at radius 2 is 1.89 bits per heavy atom. The molecule has 0 atom stereocenters. The lowest BCUT2D eigenvalue weighted by atomic mass is 9.99. The van der Waals surface area contributed by atoms with Crippen LogP contribution in [0.25, 0.3) is 22.0 Å². The monoisotopic (exact) mass is 364 g/mol. The van der Waals surface area contributed by atoms with Crippen molar-refractivity contribution < 1.29 is 9.59 Å². The van der Waals surface area contributed by atoms with Crippen molar-refractivity contribution in [1.82, 2.24) is 30.2 Å². The van der Waals surface area contributed by atoms with E-state index in [-0.39, 0.29) is 5.57 Å². The third kappa shape index (κ3) is 3.15. The molecule has 0 radical (unpaired) electrons. The molecule has 2 aromatic heterocycles. The SMILES string of the molecule is CN(C)CCCn1cc(C2=C(c3c[nH]c4ccccc34)C(=O)NC2=O)nn1. The summed E-state index contributed by atoms with van der Waals surface area (Å²) in [6.07, 6.45) is 4.38. The molecule has 0 spiro atoms. The summed E-state index contributed by atoms with van der Waals surface area (Å²) in [5.74, 6) is -0.859. The molecule has 1 aliphatic rings. The quantitative estimate of drug-likeness (QED) is 0.643. The molecule has 8 nitrogen and oxygen atoms in total. The third-order valence-corrected chi connectivity index (χ3v) is 4.58. The lowest BCUT2D eigenvalue weighted by molar-refractivity contribution is -0.122. The fourth-order valence-electron chi connectivity index (χ4n) is 3.31. The number of carbonyl (C=O) groups excluding carboxylic acids is 2. The molecule has 138 valence electrons. The van der Waals surface area contributed by atoms with Gasteiger partial charge in [0.05, 0.1) is 17.3 Å². The van der Waals surface area contributed by atoms with E-state index in [4.69, 9.17) is 0 Å². The number of benzene rings is 1. The van der Waals surface area contributed by atoms with E-state index in [9.17, 15) is 9.59 Å². The van der Waals surface area contributed by atoms with Crippen LogP contribution in [0.2, 0.25) is 0 Å². The van der Waals surface area contributed by atoms with Gasteiger partial charge in [0.15, 0.2) is 0 Å². The van der Waals surface area contributed by atoms with Gasteiger partial charge in [-0.3, -0.25) is 19.6 Å². The number of imide groups is 1. The van der Waals surface area contributed by atoms with Gasteiger partial charge in [0.1, 0.15) is 5.69 Å². The van der Waals surface area contributed by atoms with E-state index in [0.717, 1.165) is 23.9 Å². The van der Waals surface area contributed by atoms with Crippen molar-refractivity contribution in [2.24, 2.45) is 0 Å². The molecular weight excluding hydrogens is 344 g/mol. The van der Waals surface area contributed by atoms with Crippen molar-refractivity contribution >= 4 is 33.9 Å². The maximum atomic E-state index is 12.5. The van der Waals surface area contributed by atoms with Gasteiger partial charge in [-0.25, -0.2) is 0 Å². The van der Waals surface area contributed by atoms with Gasteiger partial charge in [-0.2, -0.15) is 0 Å². The van der Waals surface area contributed by atoms with Gasteiger partial charge in [-0.1, -0.05) is 23.4 Å². The van der Waals surface area contributed by atoms with E-state index in [1.165, 1.54) is 0 Å². The Hall–Kier alpha value is -3.26. The van der Waals surface area contributed by atoms with Crippen molar-refractivity contribution in [3.63, 3.8) is 0 Å². The van der Waals surface area contributed by atoms with Gasteiger partial charge < -0.3 is 9.88 Å². The number of aromatic amines is 1. The fraction of sp³-hybridized carbons (Fsp3) is 0.263. The molecule has 0 saturated heterocycles. The predicted molar refractivity (Wildman–Crippen MR) is 101 cm³/mol. The van der Waals surface area contributed by atoms with Crippen LogP contribution >= 0.6 is 0 Å². The first-order valence-electron chi connectivity index (χ1n) is 8.76. The van der Waals surface area contributed by atoms with Gasteiger partial charge in [-0.05, 0) is 33.1 Å². The predicted octanol–water partition coefficient (Wildman–Crippen LogP) is 1.28. The summed E-state index contributed by atoms with van der Waals surface area (Å²) in [7, 11) is 4.03. The number of rotatable bonds is 6. The Balaban J connectivity index is 1.74. The molecule has 8 heteroatoms. The highest BCUT2D eigenvalue weighted by atomic mass is 16.2. The van der Waals surface area contributed by atoms with Gasteiger partial charge in [0.2, 0.25) is 0 Å². The smallest absolute Gasteiger partial charge is 0.261 e. The Bertz CT molecular complexity index is 1060. The molecule has 0 aliphatic carbocycles. The highest BCUT2D eigenvalue weighted by Crippen LogP contribution is 2.34. The molecule has 0 unspecified atom stereocenters. The van der Waals surface area contributed by atoms with Crippen LogP contribution in [-0.2, 0) is 16.1 Å². The third-order valence-electron chi connectivity index (χ3n) is 4.58. The molecule has 3 heterocycles. The molecule has 2 amide bonds. The average Bonchev–Trinajstić information content (AvgIpc) is 3.31. The lowest BCUT2D eigenvalue weighted by Gasteiger charge is -2.08. The van der Waals surface area contributed by atoms with Crippen LogP contribution in [0, 0.1) is 0 Å². The summed E-state index contributed by atoms with van der Waals surface area (Å²) in [5.41, 5.74) is 2.59. The molecule has 1 aromatic carbocycles. The summed E-state index contributed by atoms with van der Waals surface area (Å²) in [6, 6.07) is 7.65. The maximum Gasteiger partial charge on any atom is 0.261 e. The van der Waals surface area contributed by atoms with E-state index in [1.807, 2.05) is 38.4 Å². The second-order valence-corrected chi connectivity index (χ2v) is 6.80. The summed E-state index contributed by atoms with van der Waals surface area (Å²) >= 11 is 0. The van der Waals surface area contributed by atoms with Crippen LogP contribution in [0.4, 0.5) is 0 Å². The zero-order chi connectivity index (χ0) is 19.0. The van der Waals surface area contributed by atoms with Crippen molar-refractivity contribution in [2.75, 3.05) is 20.6 Å². The number of nitrogens with zero attached hydrogens (tertiary/aromatic N) is 4. The number of nitrogens with one attached hydrogen (secondary N) is 2. The standard InChI is InChI=1S/C19H20N6O2/c1-24(2)8-5-9-25-11-15(22-23-25)17-16(18(26)21-19(17)27)13-10-20-14-7-4-3-6-12(13)14/h3-4,6-7,10-11,20H,5,8-9H2,1-2H3,(H,21,26,27). The minimum Gasteiger partial charge on any atom is -0.361 e. The lowest BCUT2D eigenvalue weighted by Crippen LogP contribution is -2.22. The zero-order valence-corrected chi connectivity index (χ0v) is 15.2. The Labute approximate surface area is 155 Å². The fourth-order valence-corrected chi connectivity index (χ4v) is 3.31. The number of hydrogen-bond acceptors (Lipinski definition) is 5. The molecule has 0 saturated carbocycles. The average molecular weight is 364 g/mol. The first-order chi connectivity index (χ1) is 13.0. The molecular formula is C19H20N6O2. The number of H-pyrrole nitrogens is 1. The van der Waals surface area contributed by atoms with Gasteiger partial charge >= 0.3 is 0 Å². The zero-order valence-electron chi connectivity index (χ0n) is 15.2. The number of hydrogen-bond donors (Lipinski definition) is 2. The molecule has 1 aliphatic heterocycles. The Morgan fingerprint density at radius 1 is 1.11 bits per heavy atom. The number of carbonyl (C=O) groups is 2. The molecule has 3 aromatic rings. The van der Waals surface area contributed by atoms with Gasteiger partial charge in [-0.15, -0.1) is 5.10 Å². The second kappa shape index (κ2) is 6.81. The van der Waals surface area contributed by atoms with Crippen LogP contribution in [-0.4, -0.2) is 57.3 Å². The largest absolute Gasteiger partial charge is 0.361 e. The van der Waals surface area contributed by atoms with E-state index in [2.05, 4.69) is 25.5 Å². The first kappa shape index (κ1) is 17.2. The van der Waals surface area contributed by atoms with E-state index < -0.39 is 11.8 Å². The number of aromatic nitrogens is 4. The van der Waals surface area contributed by atoms with Gasteiger partial charge in [0, 0.05) is 29.2 Å². The van der Waals surface area contributed by atoms with E-state index in [1.54, 1.807) is 17.1 Å². The summed E-state index contributed by atoms with van der Waals surface area (Å²) < 4.78 is 1.70. The molecule has 2 N–H and O–H groups in total. The topological polar surface area (TPSA) is 95.9 Å². The molecule has 27 heavy (non-hydrogen) atoms. The normalized spacial score (nSPS) is 14.6. The molecule has 0 bridgehead atoms. The number of para-hydroxylation sites is 1. The number of fused-ring (bicyclic) bond motifs is 1. The van der Waals surface area contributed by atoms with Crippen molar-refractivity contribution in [3.8, 4) is 0 Å². The Kier molecular flexibility index (Phi) is 4.33. The van der Waals surface area contributed by atoms with Crippen LogP contribution in [0.15, 0.2) is 36.7 Å². The van der Waals surface area contributed by atoms with Crippen LogP contribution in [0.1, 0.15) is 17.7 Å². The van der Waals surface area contributed by atoms with Crippen molar-refractivity contribution in [2.45, 2.75) is 13.0 Å². The van der Waals surface area contributed by atoms with Crippen LogP contribution in [0.5, 0.6) is 0 Å². The number of amides is 2. The minimum atomic E-state index is -0.444. The highest BCUT2D eigenvalue weighted by Gasteiger charge is 2.34. The van der Waals surface area contributed by atoms with E-state index >= 15 is 0 Å². The second-order valence-electron chi connectivity index (χ2n) is 6.80. The highest BCUT2D eigenvalue weighted by molar-refractivity contribution is 6.49. The van der Waals surface area contributed by atoms with Crippen LogP contribution in [0.3, 0.4) is 0 Å². The van der Waals surface area contributed by atoms with E-state index in [0.29, 0.717) is 23.4 Å². The van der Waals surface area contributed by atoms with Gasteiger partial charge in [0.25, 0.3) is 11.8 Å². The van der Waals surface area contributed by atoms with Crippen molar-refractivity contribution in [1.29, 1.82) is 0 Å². The van der Waals surface area contributed by atoms with Crippen LogP contribution < -0.4 is 5.32 Å². The Morgan fingerprint density at radius 3 is 2.70 bits per heavy atom. The minimum absolute atomic E-state index is 0.267. The maximum absolute atomic E-state index is 12.5. The molecule has 4 rings (SSSR count). The summed E-state index contributed by atoms with van der Waals surface area (Å²) in [4.78, 5) is 30.2. The summed E-state index contributed by atoms with van der Waals surface area (Å²) in [6.45, 7) is 1.62. The first-order valence-corrected chi connectivity index (χ1v) is 8.76. The number of aryl methyl sites for hydroxylation is 1.